The molecule has 0 atom stereocenters. The maximum absolute atomic E-state index is 14.3. The van der Waals surface area contributed by atoms with E-state index in [1.54, 1.807) is 0 Å². The zero-order valence-corrected chi connectivity index (χ0v) is 22.3. The Morgan fingerprint density at radius 1 is 0.900 bits per heavy atom. The molecule has 0 aliphatic heterocycles. The first-order valence-corrected chi connectivity index (χ1v) is 13.7. The van der Waals surface area contributed by atoms with E-state index in [2.05, 4.69) is 10.5 Å². The molecule has 0 bridgehead atoms. The average Bonchev–Trinajstić information content (AvgIpc) is 3.20. The molecule has 0 saturated carbocycles. The molecule has 13 heteroatoms. The molecule has 1 N–H and O–H groups in total. The van der Waals surface area contributed by atoms with Crippen molar-refractivity contribution in [1.82, 2.24) is 4.57 Å². The second-order valence-electron chi connectivity index (χ2n) is 8.79. The number of hydrazone groups is 1. The Labute approximate surface area is 230 Å². The number of nitrogens with zero attached hydrogens (tertiary/aromatic N) is 2. The molecule has 0 aliphatic rings. The van der Waals surface area contributed by atoms with Crippen LogP contribution in [0.4, 0.5) is 32.0 Å². The van der Waals surface area contributed by atoms with E-state index >= 15 is 0 Å². The number of benzene rings is 3. The second-order valence-corrected chi connectivity index (χ2v) is 11.2. The minimum absolute atomic E-state index is 0.0323. The van der Waals surface area contributed by atoms with Gasteiger partial charge < -0.3 is 4.57 Å². The smallest absolute Gasteiger partial charge is 0.313 e. The van der Waals surface area contributed by atoms with Gasteiger partial charge in [-0.05, 0) is 73.2 Å². The zero-order valence-electron chi connectivity index (χ0n) is 20.8. The molecule has 0 spiro atoms. The summed E-state index contributed by atoms with van der Waals surface area (Å²) >= 11 is 5.82. The summed E-state index contributed by atoms with van der Waals surface area (Å²) in [6.07, 6.45) is -8.66. The van der Waals surface area contributed by atoms with Crippen molar-refractivity contribution in [3.8, 4) is 16.9 Å². The fourth-order valence-electron chi connectivity index (χ4n) is 4.01. The third kappa shape index (κ3) is 6.34. The van der Waals surface area contributed by atoms with Crippen molar-refractivity contribution < 1.29 is 34.8 Å². The van der Waals surface area contributed by atoms with Gasteiger partial charge in [0, 0.05) is 28.2 Å². The topological polar surface area (TPSA) is 63.5 Å². The van der Waals surface area contributed by atoms with Crippen molar-refractivity contribution in [2.24, 2.45) is 5.10 Å². The number of rotatable bonds is 6. The normalized spacial score (nSPS) is 13.0. The number of aromatic nitrogens is 1. The summed E-state index contributed by atoms with van der Waals surface area (Å²) in [6.45, 7) is 1.33. The lowest BCUT2D eigenvalue weighted by Crippen LogP contribution is -2.26. The van der Waals surface area contributed by atoms with E-state index in [1.165, 1.54) is 66.1 Å². The average molecular weight is 600 g/mol. The number of hydrogen-bond acceptors (Lipinski definition) is 4. The molecule has 0 saturated heterocycles. The van der Waals surface area contributed by atoms with Gasteiger partial charge in [-0.3, -0.25) is 5.43 Å². The molecule has 40 heavy (non-hydrogen) atoms. The summed E-state index contributed by atoms with van der Waals surface area (Å²) in [5, 5.41) is 3.96. The Morgan fingerprint density at radius 2 is 1.52 bits per heavy atom. The molecule has 0 fully saturated rings. The van der Waals surface area contributed by atoms with Crippen LogP contribution in [0.15, 0.2) is 88.9 Å². The number of halogens is 7. The minimum Gasteiger partial charge on any atom is -0.313 e. The van der Waals surface area contributed by atoms with Crippen molar-refractivity contribution in [1.29, 1.82) is 0 Å². The second kappa shape index (κ2) is 10.7. The lowest BCUT2D eigenvalue weighted by atomic mass is 10.1. The van der Waals surface area contributed by atoms with Crippen LogP contribution < -0.4 is 5.43 Å². The maximum atomic E-state index is 14.3. The molecule has 0 aliphatic carbocycles. The maximum Gasteiger partial charge on any atom is 0.435 e. The summed E-state index contributed by atoms with van der Waals surface area (Å²) in [5.41, 5.74) is 0.131. The number of hydrogen-bond donors (Lipinski definition) is 1. The van der Waals surface area contributed by atoms with Crippen LogP contribution in [0.3, 0.4) is 0 Å². The third-order valence-corrected chi connectivity index (χ3v) is 7.30. The lowest BCUT2D eigenvalue weighted by Gasteiger charge is -2.16. The largest absolute Gasteiger partial charge is 0.435 e. The minimum atomic E-state index is -4.96. The van der Waals surface area contributed by atoms with E-state index in [9.17, 15) is 34.8 Å². The van der Waals surface area contributed by atoms with E-state index in [1.807, 2.05) is 0 Å². The van der Waals surface area contributed by atoms with Crippen molar-refractivity contribution in [3.63, 3.8) is 0 Å². The van der Waals surface area contributed by atoms with E-state index in [0.29, 0.717) is 5.02 Å². The van der Waals surface area contributed by atoms with Crippen LogP contribution in [0.5, 0.6) is 0 Å². The first-order chi connectivity index (χ1) is 18.6. The molecule has 4 rings (SSSR count). The molecule has 0 radical (unpaired) electrons. The van der Waals surface area contributed by atoms with Crippen molar-refractivity contribution in [3.05, 3.63) is 101 Å². The molecule has 1 aromatic heterocycles. The van der Waals surface area contributed by atoms with Crippen molar-refractivity contribution >= 4 is 32.8 Å². The van der Waals surface area contributed by atoms with Crippen LogP contribution in [0.25, 0.3) is 16.9 Å². The van der Waals surface area contributed by atoms with Crippen LogP contribution in [0.1, 0.15) is 16.8 Å². The Kier molecular flexibility index (Phi) is 7.79. The van der Waals surface area contributed by atoms with Gasteiger partial charge in [-0.15, -0.1) is 0 Å². The molecule has 3 aromatic carbocycles. The van der Waals surface area contributed by atoms with Gasteiger partial charge in [0.25, 0.3) is 0 Å². The Bertz CT molecular complexity index is 1680. The van der Waals surface area contributed by atoms with Crippen LogP contribution in [-0.2, 0) is 16.0 Å². The summed E-state index contributed by atoms with van der Waals surface area (Å²) in [5.74, 6) is 0. The van der Waals surface area contributed by atoms with E-state index in [4.69, 9.17) is 11.6 Å². The van der Waals surface area contributed by atoms with Crippen LogP contribution >= 0.6 is 11.6 Å². The van der Waals surface area contributed by atoms with Crippen molar-refractivity contribution in [2.75, 3.05) is 11.7 Å². The standard InChI is InChI=1S/C27H20ClF6N3O2S/c1-16-23(25(27(32,33)34)36-35-20-10-8-19(28)9-11-20)15-24(17-6-12-22(13-7-17)40(2,38)39)37(16)21-5-3-4-18(14-21)26(29,30)31/h3-15,35H,1-2H3/b36-25+. The third-order valence-electron chi connectivity index (χ3n) is 5.92. The van der Waals surface area contributed by atoms with Gasteiger partial charge in [0.2, 0.25) is 0 Å². The molecule has 1 heterocycles. The quantitative estimate of drug-likeness (QED) is 0.139. The lowest BCUT2D eigenvalue weighted by molar-refractivity contribution is -0.137. The van der Waals surface area contributed by atoms with Gasteiger partial charge in [0.15, 0.2) is 15.5 Å². The summed E-state index contributed by atoms with van der Waals surface area (Å²) in [7, 11) is -3.57. The number of alkyl halides is 6. The van der Waals surface area contributed by atoms with Gasteiger partial charge in [0.1, 0.15) is 0 Å². The molecule has 4 aromatic rings. The molecular weight excluding hydrogens is 580 g/mol. The van der Waals surface area contributed by atoms with Crippen LogP contribution in [0, 0.1) is 6.92 Å². The Hall–Kier alpha value is -3.77. The fraction of sp³-hybridized carbons (Fsp3) is 0.148. The molecule has 0 amide bonds. The monoisotopic (exact) mass is 599 g/mol. The zero-order chi connectivity index (χ0) is 29.5. The fourth-order valence-corrected chi connectivity index (χ4v) is 4.76. The highest BCUT2D eigenvalue weighted by atomic mass is 35.5. The summed E-state index contributed by atoms with van der Waals surface area (Å²) in [4.78, 5) is -0.0323. The van der Waals surface area contributed by atoms with E-state index in [0.717, 1.165) is 30.5 Å². The Balaban J connectivity index is 1.94. The molecule has 0 unspecified atom stereocenters. The number of nitrogens with one attached hydrogen (secondary N) is 1. The van der Waals surface area contributed by atoms with Gasteiger partial charge in [-0.1, -0.05) is 29.8 Å². The summed E-state index contributed by atoms with van der Waals surface area (Å²) < 4.78 is 108. The van der Waals surface area contributed by atoms with Crippen LogP contribution in [-0.4, -0.2) is 31.1 Å². The first kappa shape index (κ1) is 29.2. The van der Waals surface area contributed by atoms with Gasteiger partial charge in [-0.2, -0.15) is 31.4 Å². The predicted molar refractivity (Wildman–Crippen MR) is 142 cm³/mol. The number of sulfone groups is 1. The molecular formula is C27H20ClF6N3O2S. The SMILES string of the molecule is Cc1c(/C(=N\Nc2ccc(Cl)cc2)C(F)(F)F)cc(-c2ccc(S(C)(=O)=O)cc2)n1-c1cccc(C(F)(F)F)c1. The highest BCUT2D eigenvalue weighted by Crippen LogP contribution is 2.36. The molecule has 210 valence electrons. The highest BCUT2D eigenvalue weighted by molar-refractivity contribution is 7.90. The van der Waals surface area contributed by atoms with Gasteiger partial charge in [-0.25, -0.2) is 8.42 Å². The first-order valence-electron chi connectivity index (χ1n) is 11.4. The van der Waals surface area contributed by atoms with Crippen molar-refractivity contribution in [2.45, 2.75) is 24.2 Å². The van der Waals surface area contributed by atoms with E-state index in [-0.39, 0.29) is 33.2 Å². The predicted octanol–water partition coefficient (Wildman–Crippen LogP) is 7.91. The number of anilines is 1. The highest BCUT2D eigenvalue weighted by Gasteiger charge is 2.40. The molecule has 5 nitrogen and oxygen atoms in total. The van der Waals surface area contributed by atoms with Gasteiger partial charge in [0.05, 0.1) is 21.8 Å². The van der Waals surface area contributed by atoms with Crippen LogP contribution in [0.2, 0.25) is 5.02 Å². The Morgan fingerprint density at radius 3 is 2.08 bits per heavy atom. The van der Waals surface area contributed by atoms with E-state index < -0.39 is 39.0 Å². The summed E-state index contributed by atoms with van der Waals surface area (Å²) in [6, 6.07) is 16.3. The van der Waals surface area contributed by atoms with Gasteiger partial charge >= 0.3 is 12.4 Å².